The van der Waals surface area contributed by atoms with Crippen LogP contribution in [0.2, 0.25) is 0 Å². The van der Waals surface area contributed by atoms with Crippen LogP contribution in [0.25, 0.3) is 0 Å². The fourth-order valence-corrected chi connectivity index (χ4v) is 2.03. The minimum Gasteiger partial charge on any atom is -0.439 e. The number of nitrogens with two attached hydrogens (primary N) is 2. The van der Waals surface area contributed by atoms with E-state index < -0.39 is 17.6 Å². The van der Waals surface area contributed by atoms with Crippen molar-refractivity contribution in [2.75, 3.05) is 5.73 Å². The van der Waals surface area contributed by atoms with Crippen molar-refractivity contribution in [2.24, 2.45) is 5.73 Å². The Morgan fingerprint density at radius 2 is 1.61 bits per heavy atom. The topological polar surface area (TPSA) is 126 Å². The molecule has 28 heavy (non-hydrogen) atoms. The molecule has 1 amide bonds. The van der Waals surface area contributed by atoms with E-state index in [1.54, 1.807) is 0 Å². The summed E-state index contributed by atoms with van der Waals surface area (Å²) in [4.78, 5) is 22.5. The number of anilines is 1. The number of carbonyl (C=O) groups is 1. The first kappa shape index (κ1) is 18.9. The van der Waals surface area contributed by atoms with E-state index in [1.807, 2.05) is 0 Å². The Kier molecular flexibility index (Phi) is 4.98. The smallest absolute Gasteiger partial charge is 0.417 e. The van der Waals surface area contributed by atoms with Crippen LogP contribution in [-0.2, 0) is 6.18 Å². The molecule has 8 nitrogen and oxygen atoms in total. The Morgan fingerprint density at radius 1 is 0.964 bits per heavy atom. The van der Waals surface area contributed by atoms with Gasteiger partial charge in [0.25, 0.3) is 5.91 Å². The number of alkyl halides is 3. The fraction of sp³-hybridized carbons (Fsp3) is 0.0588. The number of aromatic nitrogens is 3. The fourth-order valence-electron chi connectivity index (χ4n) is 2.03. The zero-order valence-corrected chi connectivity index (χ0v) is 14.0. The third-order valence-corrected chi connectivity index (χ3v) is 3.30. The van der Waals surface area contributed by atoms with Gasteiger partial charge >= 0.3 is 12.2 Å². The molecule has 11 heteroatoms. The second-order valence-corrected chi connectivity index (χ2v) is 5.38. The summed E-state index contributed by atoms with van der Waals surface area (Å²) in [5.74, 6) is -0.175. The summed E-state index contributed by atoms with van der Waals surface area (Å²) in [5, 5.41) is 0. The second-order valence-electron chi connectivity index (χ2n) is 5.38. The Bertz CT molecular complexity index is 992. The van der Waals surface area contributed by atoms with Gasteiger partial charge in [0.2, 0.25) is 5.88 Å². The van der Waals surface area contributed by atoms with Gasteiger partial charge in [0, 0.05) is 18.3 Å². The van der Waals surface area contributed by atoms with Gasteiger partial charge in [-0.05, 0) is 30.3 Å². The second kappa shape index (κ2) is 7.39. The first-order valence-corrected chi connectivity index (χ1v) is 7.64. The van der Waals surface area contributed by atoms with Crippen molar-refractivity contribution in [3.63, 3.8) is 0 Å². The molecule has 0 aliphatic rings. The van der Waals surface area contributed by atoms with Gasteiger partial charge < -0.3 is 20.9 Å². The molecule has 0 unspecified atom stereocenters. The first-order chi connectivity index (χ1) is 13.2. The highest BCUT2D eigenvalue weighted by atomic mass is 19.4. The van der Waals surface area contributed by atoms with Gasteiger partial charge in [-0.3, -0.25) is 4.79 Å². The van der Waals surface area contributed by atoms with E-state index in [-0.39, 0.29) is 23.4 Å². The number of carbonyl (C=O) groups excluding carboxylic acids is 1. The maximum absolute atomic E-state index is 12.5. The summed E-state index contributed by atoms with van der Waals surface area (Å²) in [6.07, 6.45) is -3.79. The van der Waals surface area contributed by atoms with E-state index in [0.717, 1.165) is 12.1 Å². The highest BCUT2D eigenvalue weighted by Gasteiger charge is 2.30. The molecule has 0 atom stereocenters. The Hall–Kier alpha value is -3.89. The molecule has 0 aliphatic heterocycles. The summed E-state index contributed by atoms with van der Waals surface area (Å²) >= 11 is 0. The van der Waals surface area contributed by atoms with Crippen molar-refractivity contribution in [3.05, 3.63) is 59.9 Å². The predicted octanol–water partition coefficient (Wildman–Crippen LogP) is 3.16. The van der Waals surface area contributed by atoms with Crippen molar-refractivity contribution >= 4 is 11.7 Å². The highest BCUT2D eigenvalue weighted by Crippen LogP contribution is 2.30. The standard InChI is InChI=1S/C17H12F3N5O3/c18-17(19,20)9-1-6-14(23-8-9)27-10-2-4-11(5-3-10)28-16-24-12(15(22)26)7-13(21)25-16/h1-8H,(H2,22,26)(H2,21,24,25). The minimum absolute atomic E-state index is 0.00660. The number of pyridine rings is 1. The van der Waals surface area contributed by atoms with Crippen molar-refractivity contribution in [2.45, 2.75) is 6.18 Å². The number of primary amides is 1. The molecule has 0 radical (unpaired) electrons. The molecule has 3 rings (SSSR count). The van der Waals surface area contributed by atoms with E-state index in [1.165, 1.54) is 30.3 Å². The van der Waals surface area contributed by atoms with Crippen LogP contribution >= 0.6 is 0 Å². The zero-order valence-electron chi connectivity index (χ0n) is 14.0. The van der Waals surface area contributed by atoms with Crippen molar-refractivity contribution in [1.29, 1.82) is 0 Å². The third kappa shape index (κ3) is 4.63. The number of hydrogen-bond donors (Lipinski definition) is 2. The first-order valence-electron chi connectivity index (χ1n) is 7.64. The van der Waals surface area contributed by atoms with Crippen molar-refractivity contribution in [3.8, 4) is 23.4 Å². The molecule has 3 aromatic rings. The van der Waals surface area contributed by atoms with Gasteiger partial charge in [0.05, 0.1) is 5.56 Å². The van der Waals surface area contributed by atoms with Gasteiger partial charge in [0.1, 0.15) is 23.0 Å². The Morgan fingerprint density at radius 3 is 2.14 bits per heavy atom. The minimum atomic E-state index is -4.47. The summed E-state index contributed by atoms with van der Waals surface area (Å²) in [6.45, 7) is 0. The quantitative estimate of drug-likeness (QED) is 0.684. The van der Waals surface area contributed by atoms with Gasteiger partial charge in [-0.15, -0.1) is 0 Å². The number of rotatable bonds is 5. The molecule has 144 valence electrons. The largest absolute Gasteiger partial charge is 0.439 e. The molecule has 0 aliphatic carbocycles. The lowest BCUT2D eigenvalue weighted by molar-refractivity contribution is -0.137. The molecule has 0 spiro atoms. The molecule has 0 saturated heterocycles. The highest BCUT2D eigenvalue weighted by molar-refractivity contribution is 5.91. The predicted molar refractivity (Wildman–Crippen MR) is 90.8 cm³/mol. The van der Waals surface area contributed by atoms with E-state index in [2.05, 4.69) is 15.0 Å². The summed E-state index contributed by atoms with van der Waals surface area (Å²) in [6, 6.07) is 9.00. The Labute approximate surface area is 155 Å². The third-order valence-electron chi connectivity index (χ3n) is 3.30. The molecule has 4 N–H and O–H groups in total. The van der Waals surface area contributed by atoms with Crippen molar-refractivity contribution in [1.82, 2.24) is 15.0 Å². The molecule has 1 aromatic carbocycles. The maximum atomic E-state index is 12.5. The van der Waals surface area contributed by atoms with Gasteiger partial charge in [-0.25, -0.2) is 4.98 Å². The molecule has 2 aromatic heterocycles. The average molecular weight is 391 g/mol. The Balaban J connectivity index is 1.69. The van der Waals surface area contributed by atoms with Gasteiger partial charge in [-0.1, -0.05) is 0 Å². The number of ether oxygens (including phenoxy) is 2. The van der Waals surface area contributed by atoms with Crippen LogP contribution < -0.4 is 20.9 Å². The molecule has 0 bridgehead atoms. The van der Waals surface area contributed by atoms with Crippen LogP contribution in [0.4, 0.5) is 19.0 Å². The number of nitrogens with zero attached hydrogens (tertiary/aromatic N) is 3. The zero-order chi connectivity index (χ0) is 20.3. The molecular weight excluding hydrogens is 379 g/mol. The molecule has 0 saturated carbocycles. The average Bonchev–Trinajstić information content (AvgIpc) is 2.62. The van der Waals surface area contributed by atoms with Crippen LogP contribution in [0.5, 0.6) is 23.4 Å². The SMILES string of the molecule is NC(=O)c1cc(N)nc(Oc2ccc(Oc3ccc(C(F)(F)F)cn3)cc2)n1. The van der Waals surface area contributed by atoms with Crippen molar-refractivity contribution < 1.29 is 27.4 Å². The molecule has 2 heterocycles. The van der Waals surface area contributed by atoms with Crippen LogP contribution in [0.3, 0.4) is 0 Å². The summed E-state index contributed by atoms with van der Waals surface area (Å²) in [5.41, 5.74) is 9.73. The number of halogens is 3. The van der Waals surface area contributed by atoms with E-state index in [9.17, 15) is 18.0 Å². The number of nitrogen functional groups attached to an aromatic ring is 1. The monoisotopic (exact) mass is 391 g/mol. The number of hydrogen-bond acceptors (Lipinski definition) is 7. The molecular formula is C17H12F3N5O3. The maximum Gasteiger partial charge on any atom is 0.417 e. The normalized spacial score (nSPS) is 11.1. The van der Waals surface area contributed by atoms with Gasteiger partial charge in [-0.2, -0.15) is 23.1 Å². The lowest BCUT2D eigenvalue weighted by Crippen LogP contribution is -2.14. The number of benzene rings is 1. The van der Waals surface area contributed by atoms with Gasteiger partial charge in [0.15, 0.2) is 0 Å². The summed E-state index contributed by atoms with van der Waals surface area (Å²) in [7, 11) is 0. The molecule has 0 fully saturated rings. The van der Waals surface area contributed by atoms with E-state index >= 15 is 0 Å². The van der Waals surface area contributed by atoms with Crippen LogP contribution in [0, 0.1) is 0 Å². The lowest BCUT2D eigenvalue weighted by Gasteiger charge is -2.09. The van der Waals surface area contributed by atoms with Crippen LogP contribution in [0.15, 0.2) is 48.7 Å². The van der Waals surface area contributed by atoms with Crippen LogP contribution in [0.1, 0.15) is 16.1 Å². The number of amides is 1. The van der Waals surface area contributed by atoms with E-state index in [0.29, 0.717) is 17.7 Å². The lowest BCUT2D eigenvalue weighted by atomic mass is 10.3. The van der Waals surface area contributed by atoms with Crippen LogP contribution in [-0.4, -0.2) is 20.9 Å². The summed E-state index contributed by atoms with van der Waals surface area (Å²) < 4.78 is 48.4. The van der Waals surface area contributed by atoms with E-state index in [4.69, 9.17) is 20.9 Å².